The first kappa shape index (κ1) is 16.4. The Bertz CT molecular complexity index is 662. The molecule has 0 aliphatic rings. The van der Waals surface area contributed by atoms with Gasteiger partial charge in [0.25, 0.3) is 0 Å². The molecule has 0 aliphatic heterocycles. The fourth-order valence-corrected chi connectivity index (χ4v) is 2.95. The Morgan fingerprint density at radius 3 is 2.48 bits per heavy atom. The first-order valence-corrected chi connectivity index (χ1v) is 7.97. The Hall–Kier alpha value is -1.01. The van der Waals surface area contributed by atoms with Crippen LogP contribution in [0.3, 0.4) is 0 Å². The summed E-state index contributed by atoms with van der Waals surface area (Å²) in [5.41, 5.74) is 3.53. The molecule has 3 N–H and O–H groups in total. The van der Waals surface area contributed by atoms with Crippen molar-refractivity contribution in [2.24, 2.45) is 5.84 Å². The van der Waals surface area contributed by atoms with E-state index in [0.29, 0.717) is 15.9 Å². The molecule has 1 heterocycles. The Balaban J connectivity index is 2.42. The zero-order valence-corrected chi connectivity index (χ0v) is 14.3. The van der Waals surface area contributed by atoms with E-state index >= 15 is 0 Å². The highest BCUT2D eigenvalue weighted by molar-refractivity contribution is 7.99. The van der Waals surface area contributed by atoms with Crippen LogP contribution in [0.5, 0.6) is 0 Å². The van der Waals surface area contributed by atoms with Crippen molar-refractivity contribution in [2.45, 2.75) is 36.6 Å². The SMILES string of the molecule is Cc1c(NN)nc(C(C)C)nc1Sc1ccc(Cl)c(Cl)c1. The molecule has 4 nitrogen and oxygen atoms in total. The summed E-state index contributed by atoms with van der Waals surface area (Å²) in [5.74, 6) is 7.13. The van der Waals surface area contributed by atoms with E-state index in [1.54, 1.807) is 6.07 Å². The molecule has 1 aromatic carbocycles. The highest BCUT2D eigenvalue weighted by Crippen LogP contribution is 2.35. The van der Waals surface area contributed by atoms with E-state index in [2.05, 4.69) is 15.4 Å². The summed E-state index contributed by atoms with van der Waals surface area (Å²) < 4.78 is 0. The van der Waals surface area contributed by atoms with Crippen LogP contribution in [0.2, 0.25) is 10.0 Å². The third-order valence-corrected chi connectivity index (χ3v) is 4.70. The summed E-state index contributed by atoms with van der Waals surface area (Å²) in [6.07, 6.45) is 0. The van der Waals surface area contributed by atoms with E-state index in [0.717, 1.165) is 21.3 Å². The quantitative estimate of drug-likeness (QED) is 0.480. The molecule has 0 radical (unpaired) electrons. The highest BCUT2D eigenvalue weighted by atomic mass is 35.5. The molecule has 2 aromatic rings. The van der Waals surface area contributed by atoms with Gasteiger partial charge in [-0.3, -0.25) is 0 Å². The smallest absolute Gasteiger partial charge is 0.147 e. The number of aromatic nitrogens is 2. The first-order valence-electron chi connectivity index (χ1n) is 6.40. The molecule has 0 spiro atoms. The number of nitrogens with zero attached hydrogens (tertiary/aromatic N) is 2. The summed E-state index contributed by atoms with van der Waals surface area (Å²) in [6, 6.07) is 5.50. The zero-order chi connectivity index (χ0) is 15.6. The lowest BCUT2D eigenvalue weighted by atomic mass is 10.2. The Labute approximate surface area is 138 Å². The van der Waals surface area contributed by atoms with Crippen LogP contribution in [0.25, 0.3) is 0 Å². The predicted octanol–water partition coefficient (Wildman–Crippen LogP) is 4.65. The summed E-state index contributed by atoms with van der Waals surface area (Å²) in [7, 11) is 0. The summed E-state index contributed by atoms with van der Waals surface area (Å²) in [4.78, 5) is 9.99. The van der Waals surface area contributed by atoms with Crippen LogP contribution in [0.1, 0.15) is 31.2 Å². The van der Waals surface area contributed by atoms with E-state index < -0.39 is 0 Å². The first-order chi connectivity index (χ1) is 9.92. The molecule has 0 fully saturated rings. The number of anilines is 1. The monoisotopic (exact) mass is 342 g/mol. The van der Waals surface area contributed by atoms with Gasteiger partial charge in [0.2, 0.25) is 0 Å². The minimum Gasteiger partial charge on any atom is -0.308 e. The van der Waals surface area contributed by atoms with E-state index in [-0.39, 0.29) is 5.92 Å². The molecule has 0 unspecified atom stereocenters. The maximum absolute atomic E-state index is 6.05. The topological polar surface area (TPSA) is 63.8 Å². The van der Waals surface area contributed by atoms with E-state index in [4.69, 9.17) is 29.0 Å². The zero-order valence-electron chi connectivity index (χ0n) is 11.9. The number of halogens is 2. The molecular formula is C14H16Cl2N4S. The van der Waals surface area contributed by atoms with Gasteiger partial charge in [0.05, 0.1) is 10.0 Å². The van der Waals surface area contributed by atoms with Gasteiger partial charge in [0, 0.05) is 16.4 Å². The van der Waals surface area contributed by atoms with Gasteiger partial charge in [0.15, 0.2) is 0 Å². The van der Waals surface area contributed by atoms with Crippen molar-refractivity contribution in [1.82, 2.24) is 9.97 Å². The summed E-state index contributed by atoms with van der Waals surface area (Å²) in [6.45, 7) is 6.01. The predicted molar refractivity (Wildman–Crippen MR) is 89.3 cm³/mol. The number of nitrogen functional groups attached to an aromatic ring is 1. The number of hydrogen-bond donors (Lipinski definition) is 2. The lowest BCUT2D eigenvalue weighted by Gasteiger charge is -2.13. The van der Waals surface area contributed by atoms with Crippen molar-refractivity contribution in [3.8, 4) is 0 Å². The normalized spacial score (nSPS) is 11.0. The van der Waals surface area contributed by atoms with Crippen LogP contribution in [0.4, 0.5) is 5.82 Å². The third kappa shape index (κ3) is 3.80. The van der Waals surface area contributed by atoms with Crippen molar-refractivity contribution in [3.63, 3.8) is 0 Å². The second-order valence-electron chi connectivity index (χ2n) is 4.84. The number of hydrazine groups is 1. The second kappa shape index (κ2) is 6.83. The number of nitrogens with one attached hydrogen (secondary N) is 1. The van der Waals surface area contributed by atoms with Crippen molar-refractivity contribution in [3.05, 3.63) is 39.6 Å². The van der Waals surface area contributed by atoms with Crippen molar-refractivity contribution in [2.75, 3.05) is 5.43 Å². The molecule has 1 aromatic heterocycles. The van der Waals surface area contributed by atoms with Crippen LogP contribution in [-0.4, -0.2) is 9.97 Å². The Morgan fingerprint density at radius 2 is 1.90 bits per heavy atom. The molecule has 0 saturated heterocycles. The van der Waals surface area contributed by atoms with Gasteiger partial charge in [-0.2, -0.15) is 0 Å². The Morgan fingerprint density at radius 1 is 1.19 bits per heavy atom. The molecular weight excluding hydrogens is 327 g/mol. The molecule has 0 bridgehead atoms. The number of benzene rings is 1. The van der Waals surface area contributed by atoms with Gasteiger partial charge in [-0.1, -0.05) is 48.8 Å². The lowest BCUT2D eigenvalue weighted by molar-refractivity contribution is 0.749. The average molecular weight is 343 g/mol. The molecule has 2 rings (SSSR count). The fraction of sp³-hybridized carbons (Fsp3) is 0.286. The van der Waals surface area contributed by atoms with E-state index in [1.807, 2.05) is 32.9 Å². The molecule has 0 atom stereocenters. The summed E-state index contributed by atoms with van der Waals surface area (Å²) >= 11 is 13.5. The molecule has 7 heteroatoms. The second-order valence-corrected chi connectivity index (χ2v) is 6.71. The largest absolute Gasteiger partial charge is 0.308 e. The Kier molecular flexibility index (Phi) is 5.32. The molecule has 112 valence electrons. The maximum Gasteiger partial charge on any atom is 0.147 e. The van der Waals surface area contributed by atoms with E-state index in [1.165, 1.54) is 11.8 Å². The molecule has 0 saturated carbocycles. The van der Waals surface area contributed by atoms with Gasteiger partial charge < -0.3 is 5.43 Å². The maximum atomic E-state index is 6.05. The van der Waals surface area contributed by atoms with Crippen LogP contribution in [0.15, 0.2) is 28.1 Å². The molecule has 0 amide bonds. The van der Waals surface area contributed by atoms with Gasteiger partial charge in [-0.05, 0) is 25.1 Å². The van der Waals surface area contributed by atoms with Crippen molar-refractivity contribution in [1.29, 1.82) is 0 Å². The van der Waals surface area contributed by atoms with E-state index in [9.17, 15) is 0 Å². The van der Waals surface area contributed by atoms with Crippen molar-refractivity contribution < 1.29 is 0 Å². The highest BCUT2D eigenvalue weighted by Gasteiger charge is 2.14. The number of hydrogen-bond acceptors (Lipinski definition) is 5. The lowest BCUT2D eigenvalue weighted by Crippen LogP contribution is -2.13. The minimum absolute atomic E-state index is 0.214. The van der Waals surface area contributed by atoms with Crippen molar-refractivity contribution >= 4 is 40.8 Å². The molecule has 0 aliphatic carbocycles. The average Bonchev–Trinajstić information content (AvgIpc) is 2.44. The summed E-state index contributed by atoms with van der Waals surface area (Å²) in [5, 5.41) is 1.90. The standard InChI is InChI=1S/C14H16Cl2N4S/c1-7(2)12-18-13(20-17)8(3)14(19-12)21-9-4-5-10(15)11(16)6-9/h4-7H,17H2,1-3H3,(H,18,19,20). The third-order valence-electron chi connectivity index (χ3n) is 2.88. The number of rotatable bonds is 4. The van der Waals surface area contributed by atoms with Crippen LogP contribution < -0.4 is 11.3 Å². The fourth-order valence-electron chi connectivity index (χ4n) is 1.66. The van der Waals surface area contributed by atoms with Gasteiger partial charge in [-0.15, -0.1) is 0 Å². The van der Waals surface area contributed by atoms with Gasteiger partial charge in [-0.25, -0.2) is 15.8 Å². The minimum atomic E-state index is 0.214. The van der Waals surface area contributed by atoms with Gasteiger partial charge >= 0.3 is 0 Å². The van der Waals surface area contributed by atoms with Crippen LogP contribution >= 0.6 is 35.0 Å². The number of nitrogens with two attached hydrogens (primary N) is 1. The van der Waals surface area contributed by atoms with Gasteiger partial charge in [0.1, 0.15) is 16.7 Å². The van der Waals surface area contributed by atoms with Crippen LogP contribution in [0, 0.1) is 6.92 Å². The molecule has 21 heavy (non-hydrogen) atoms. The van der Waals surface area contributed by atoms with Crippen LogP contribution in [-0.2, 0) is 0 Å².